The summed E-state index contributed by atoms with van der Waals surface area (Å²) in [5, 5.41) is 7.46. The molecule has 1 aliphatic heterocycles. The molecule has 0 spiro atoms. The first-order valence-corrected chi connectivity index (χ1v) is 9.27. The number of nitrogens with zero attached hydrogens (tertiary/aromatic N) is 4. The fourth-order valence-electron chi connectivity index (χ4n) is 2.93. The fraction of sp³-hybridized carbons (Fsp3) is 0.588. The standard InChI is InChI=1S/C17H24N4O2S/c1-13-8-18-21(9-13)11-16-10-20(6-7-23-16)17(22)5-3-4-15-12-24-14(2)19-15/h8-9,12,16H,3-7,10-11H2,1-2H3. The molecule has 0 N–H and O–H groups in total. The van der Waals surface area contributed by atoms with Crippen molar-refractivity contribution in [3.05, 3.63) is 34.0 Å². The summed E-state index contributed by atoms with van der Waals surface area (Å²) in [6, 6.07) is 0. The van der Waals surface area contributed by atoms with Crippen LogP contribution in [0, 0.1) is 13.8 Å². The number of aromatic nitrogens is 3. The van der Waals surface area contributed by atoms with Crippen LogP contribution in [0.1, 0.15) is 29.1 Å². The summed E-state index contributed by atoms with van der Waals surface area (Å²) in [5.41, 5.74) is 2.23. The number of carbonyl (C=O) groups excluding carboxylic acids is 1. The van der Waals surface area contributed by atoms with E-state index in [0.29, 0.717) is 32.7 Å². The lowest BCUT2D eigenvalue weighted by atomic mass is 10.1. The van der Waals surface area contributed by atoms with Gasteiger partial charge < -0.3 is 9.64 Å². The Morgan fingerprint density at radius 2 is 2.33 bits per heavy atom. The molecule has 2 aromatic heterocycles. The van der Waals surface area contributed by atoms with Crippen molar-refractivity contribution < 1.29 is 9.53 Å². The molecule has 1 aliphatic rings. The van der Waals surface area contributed by atoms with Crippen molar-refractivity contribution in [3.63, 3.8) is 0 Å². The van der Waals surface area contributed by atoms with Gasteiger partial charge in [0.1, 0.15) is 0 Å². The minimum Gasteiger partial charge on any atom is -0.373 e. The van der Waals surface area contributed by atoms with E-state index in [-0.39, 0.29) is 12.0 Å². The number of hydrogen-bond acceptors (Lipinski definition) is 5. The highest BCUT2D eigenvalue weighted by atomic mass is 32.1. The third kappa shape index (κ3) is 4.64. The monoisotopic (exact) mass is 348 g/mol. The Bertz CT molecular complexity index is 682. The van der Waals surface area contributed by atoms with Crippen molar-refractivity contribution in [2.75, 3.05) is 19.7 Å². The Hall–Kier alpha value is -1.73. The summed E-state index contributed by atoms with van der Waals surface area (Å²) in [6.45, 7) is 6.65. The van der Waals surface area contributed by atoms with Crippen LogP contribution in [0.5, 0.6) is 0 Å². The Balaban J connectivity index is 1.44. The van der Waals surface area contributed by atoms with E-state index >= 15 is 0 Å². The van der Waals surface area contributed by atoms with E-state index in [1.54, 1.807) is 11.3 Å². The van der Waals surface area contributed by atoms with Crippen LogP contribution in [0.15, 0.2) is 17.8 Å². The maximum Gasteiger partial charge on any atom is 0.222 e. The van der Waals surface area contributed by atoms with E-state index in [2.05, 4.69) is 15.5 Å². The molecule has 1 atom stereocenters. The van der Waals surface area contributed by atoms with Crippen LogP contribution in [0.25, 0.3) is 0 Å². The lowest BCUT2D eigenvalue weighted by molar-refractivity contribution is -0.139. The van der Waals surface area contributed by atoms with Crippen LogP contribution in [0.3, 0.4) is 0 Å². The number of rotatable bonds is 6. The van der Waals surface area contributed by atoms with Gasteiger partial charge in [-0.2, -0.15) is 5.10 Å². The van der Waals surface area contributed by atoms with Crippen LogP contribution >= 0.6 is 11.3 Å². The fourth-order valence-corrected chi connectivity index (χ4v) is 3.58. The quantitative estimate of drug-likeness (QED) is 0.803. The number of hydrogen-bond donors (Lipinski definition) is 0. The maximum atomic E-state index is 12.4. The molecule has 0 aromatic carbocycles. The second kappa shape index (κ2) is 7.90. The molecule has 6 nitrogen and oxygen atoms in total. The molecule has 130 valence electrons. The van der Waals surface area contributed by atoms with E-state index < -0.39 is 0 Å². The Morgan fingerprint density at radius 3 is 3.04 bits per heavy atom. The molecule has 0 radical (unpaired) electrons. The molecule has 3 heterocycles. The Kier molecular flexibility index (Phi) is 5.63. The minimum atomic E-state index is 0.0168. The third-order valence-electron chi connectivity index (χ3n) is 4.13. The zero-order valence-corrected chi connectivity index (χ0v) is 15.1. The molecule has 1 saturated heterocycles. The molecule has 1 fully saturated rings. The van der Waals surface area contributed by atoms with Crippen LogP contribution in [-0.2, 0) is 22.5 Å². The molecule has 0 bridgehead atoms. The van der Waals surface area contributed by atoms with Gasteiger partial charge in [0.2, 0.25) is 5.91 Å². The van der Waals surface area contributed by atoms with Gasteiger partial charge in [-0.1, -0.05) is 0 Å². The number of aryl methyl sites for hydroxylation is 3. The second-order valence-electron chi connectivity index (χ2n) is 6.28. The van der Waals surface area contributed by atoms with Gasteiger partial charge in [0.15, 0.2) is 0 Å². The van der Waals surface area contributed by atoms with Gasteiger partial charge in [-0.25, -0.2) is 4.98 Å². The van der Waals surface area contributed by atoms with Gasteiger partial charge in [0.05, 0.1) is 36.2 Å². The predicted octanol–water partition coefficient (Wildman–Crippen LogP) is 2.21. The molecule has 7 heteroatoms. The molecule has 0 saturated carbocycles. The van der Waals surface area contributed by atoms with Gasteiger partial charge in [0, 0.05) is 31.1 Å². The van der Waals surface area contributed by atoms with Crippen LogP contribution < -0.4 is 0 Å². The normalized spacial score (nSPS) is 18.1. The highest BCUT2D eigenvalue weighted by molar-refractivity contribution is 7.09. The SMILES string of the molecule is Cc1cnn(CC2CN(C(=O)CCCc3csc(C)n3)CCO2)c1. The summed E-state index contributed by atoms with van der Waals surface area (Å²) in [4.78, 5) is 18.8. The number of amides is 1. The van der Waals surface area contributed by atoms with E-state index in [4.69, 9.17) is 4.74 Å². The first kappa shape index (κ1) is 17.1. The summed E-state index contributed by atoms with van der Waals surface area (Å²) in [6.07, 6.45) is 6.15. The van der Waals surface area contributed by atoms with Crippen molar-refractivity contribution in [2.45, 2.75) is 45.8 Å². The smallest absolute Gasteiger partial charge is 0.222 e. The maximum absolute atomic E-state index is 12.4. The van der Waals surface area contributed by atoms with Crippen molar-refractivity contribution in [2.24, 2.45) is 0 Å². The van der Waals surface area contributed by atoms with E-state index in [9.17, 15) is 4.79 Å². The summed E-state index contributed by atoms with van der Waals surface area (Å²) in [7, 11) is 0. The minimum absolute atomic E-state index is 0.0168. The number of carbonyl (C=O) groups is 1. The molecule has 1 unspecified atom stereocenters. The number of morpholine rings is 1. The third-order valence-corrected chi connectivity index (χ3v) is 4.96. The zero-order valence-electron chi connectivity index (χ0n) is 14.3. The Labute approximate surface area is 146 Å². The molecule has 2 aromatic rings. The molecule has 3 rings (SSSR count). The highest BCUT2D eigenvalue weighted by Gasteiger charge is 2.24. The van der Waals surface area contributed by atoms with Crippen LogP contribution in [-0.4, -0.2) is 51.4 Å². The largest absolute Gasteiger partial charge is 0.373 e. The van der Waals surface area contributed by atoms with Gasteiger partial charge in [-0.3, -0.25) is 9.48 Å². The van der Waals surface area contributed by atoms with Crippen molar-refractivity contribution in [1.82, 2.24) is 19.7 Å². The number of ether oxygens (including phenoxy) is 1. The van der Waals surface area contributed by atoms with Gasteiger partial charge >= 0.3 is 0 Å². The molecule has 24 heavy (non-hydrogen) atoms. The summed E-state index contributed by atoms with van der Waals surface area (Å²) < 4.78 is 7.67. The topological polar surface area (TPSA) is 60.2 Å². The van der Waals surface area contributed by atoms with Crippen LogP contribution in [0.4, 0.5) is 0 Å². The van der Waals surface area contributed by atoms with Crippen molar-refractivity contribution >= 4 is 17.2 Å². The van der Waals surface area contributed by atoms with Gasteiger partial charge in [-0.15, -0.1) is 11.3 Å². The summed E-state index contributed by atoms with van der Waals surface area (Å²) in [5.74, 6) is 0.215. The first-order chi connectivity index (χ1) is 11.6. The van der Waals surface area contributed by atoms with E-state index in [1.165, 1.54) is 0 Å². The molecular weight excluding hydrogens is 324 g/mol. The lowest BCUT2D eigenvalue weighted by Crippen LogP contribution is -2.47. The van der Waals surface area contributed by atoms with Crippen LogP contribution in [0.2, 0.25) is 0 Å². The number of thiazole rings is 1. The van der Waals surface area contributed by atoms with E-state index in [1.807, 2.05) is 35.8 Å². The molecule has 1 amide bonds. The highest BCUT2D eigenvalue weighted by Crippen LogP contribution is 2.13. The summed E-state index contributed by atoms with van der Waals surface area (Å²) >= 11 is 1.66. The van der Waals surface area contributed by atoms with E-state index in [0.717, 1.165) is 29.1 Å². The first-order valence-electron chi connectivity index (χ1n) is 8.39. The second-order valence-corrected chi connectivity index (χ2v) is 7.35. The van der Waals surface area contributed by atoms with Crippen molar-refractivity contribution in [1.29, 1.82) is 0 Å². The van der Waals surface area contributed by atoms with Gasteiger partial charge in [-0.05, 0) is 32.3 Å². The molecular formula is C17H24N4O2S. The zero-order chi connectivity index (χ0) is 16.9. The lowest BCUT2D eigenvalue weighted by Gasteiger charge is -2.33. The predicted molar refractivity (Wildman–Crippen MR) is 93.1 cm³/mol. The Morgan fingerprint density at radius 1 is 1.46 bits per heavy atom. The average molecular weight is 348 g/mol. The average Bonchev–Trinajstić information content (AvgIpc) is 3.16. The van der Waals surface area contributed by atoms with Crippen molar-refractivity contribution in [3.8, 4) is 0 Å². The molecule has 0 aliphatic carbocycles. The van der Waals surface area contributed by atoms with Gasteiger partial charge in [0.25, 0.3) is 0 Å².